The lowest BCUT2D eigenvalue weighted by atomic mass is 9.77. The topological polar surface area (TPSA) is 98.0 Å². The number of aliphatic carboxylic acids is 1. The highest BCUT2D eigenvalue weighted by molar-refractivity contribution is 9.13. The van der Waals surface area contributed by atoms with Gasteiger partial charge in [0.15, 0.2) is 0 Å². The second kappa shape index (κ2) is 11.1. The Morgan fingerprint density at radius 2 is 2.10 bits per heavy atom. The van der Waals surface area contributed by atoms with E-state index < -0.39 is 29.5 Å². The van der Waals surface area contributed by atoms with Crippen LogP contribution in [-0.2, 0) is 11.2 Å². The number of carbonyl (C=O) groups is 1. The van der Waals surface area contributed by atoms with E-state index in [4.69, 9.17) is 0 Å². The van der Waals surface area contributed by atoms with Gasteiger partial charge in [-0.15, -0.1) is 11.3 Å². The molecular weight excluding hydrogens is 524 g/mol. The minimum absolute atomic E-state index is 0.0452. The van der Waals surface area contributed by atoms with E-state index in [2.05, 4.69) is 37.2 Å². The molecule has 0 aliphatic heterocycles. The van der Waals surface area contributed by atoms with E-state index in [1.54, 1.807) is 17.4 Å². The number of hydrogen-bond acceptors (Lipinski definition) is 5. The molecule has 0 radical (unpaired) electrons. The lowest BCUT2D eigenvalue weighted by molar-refractivity contribution is -0.147. The third-order valence-electron chi connectivity index (χ3n) is 5.56. The van der Waals surface area contributed by atoms with Gasteiger partial charge in [0.1, 0.15) is 11.4 Å². The fourth-order valence-electron chi connectivity index (χ4n) is 4.04. The molecule has 1 fully saturated rings. The molecule has 1 aromatic heterocycles. The average molecular weight is 552 g/mol. The Morgan fingerprint density at radius 1 is 1.38 bits per heavy atom. The maximum absolute atomic E-state index is 11.8. The van der Waals surface area contributed by atoms with E-state index in [0.717, 1.165) is 21.1 Å². The molecule has 0 bridgehead atoms. The molecule has 162 valence electrons. The van der Waals surface area contributed by atoms with Gasteiger partial charge in [-0.3, -0.25) is 4.79 Å². The van der Waals surface area contributed by atoms with Gasteiger partial charge in [-0.05, 0) is 94.3 Å². The van der Waals surface area contributed by atoms with Gasteiger partial charge < -0.3 is 20.4 Å². The van der Waals surface area contributed by atoms with Crippen LogP contribution in [0.5, 0.6) is 0 Å². The van der Waals surface area contributed by atoms with Gasteiger partial charge in [0, 0.05) is 16.8 Å². The second-order valence-electron chi connectivity index (χ2n) is 7.55. The maximum atomic E-state index is 11.8. The molecule has 8 heteroatoms. The Hall–Kier alpha value is -0.670. The molecule has 5 nitrogen and oxygen atoms in total. The van der Waals surface area contributed by atoms with Crippen LogP contribution in [-0.4, -0.2) is 38.1 Å². The highest BCUT2D eigenvalue weighted by atomic mass is 79.9. The van der Waals surface area contributed by atoms with Crippen molar-refractivity contribution in [2.24, 2.45) is 11.8 Å². The highest BCUT2D eigenvalue weighted by Gasteiger charge is 2.53. The molecule has 1 heterocycles. The normalized spacial score (nSPS) is 26.3. The monoisotopic (exact) mass is 550 g/mol. The number of carboxylic acid groups (broad SMARTS) is 1. The first-order valence-electron chi connectivity index (χ1n) is 9.76. The van der Waals surface area contributed by atoms with E-state index in [0.29, 0.717) is 19.3 Å². The molecule has 4 N–H and O–H groups in total. The second-order valence-corrected chi connectivity index (χ2v) is 10.5. The summed E-state index contributed by atoms with van der Waals surface area (Å²) in [6.45, 7) is 1.87. The van der Waals surface area contributed by atoms with Crippen molar-refractivity contribution in [2.75, 3.05) is 0 Å². The van der Waals surface area contributed by atoms with Crippen LogP contribution < -0.4 is 0 Å². The smallest absolute Gasteiger partial charge is 0.306 e. The van der Waals surface area contributed by atoms with E-state index in [1.165, 1.54) is 5.56 Å². The fraction of sp³-hybridized carbons (Fsp3) is 0.571. The van der Waals surface area contributed by atoms with E-state index >= 15 is 0 Å². The molecule has 4 atom stereocenters. The SMILES string of the molecule is CC=CCCC(C(=O)O)C1C[C@H](O)C[C@@]1(O)/C(O)=C\CCCc1csc(Br)c1Br. The van der Waals surface area contributed by atoms with Crippen molar-refractivity contribution in [1.82, 2.24) is 0 Å². The zero-order valence-corrected chi connectivity index (χ0v) is 20.3. The molecule has 1 saturated carbocycles. The first-order valence-corrected chi connectivity index (χ1v) is 12.2. The van der Waals surface area contributed by atoms with Crippen LogP contribution in [0.3, 0.4) is 0 Å². The number of aryl methyl sites for hydroxylation is 1. The van der Waals surface area contributed by atoms with Crippen LogP contribution in [0.1, 0.15) is 51.0 Å². The van der Waals surface area contributed by atoms with Crippen LogP contribution in [0.25, 0.3) is 0 Å². The molecule has 29 heavy (non-hydrogen) atoms. The van der Waals surface area contributed by atoms with Gasteiger partial charge >= 0.3 is 5.97 Å². The van der Waals surface area contributed by atoms with Crippen molar-refractivity contribution >= 4 is 49.2 Å². The molecule has 1 aliphatic carbocycles. The summed E-state index contributed by atoms with van der Waals surface area (Å²) in [5.74, 6) is -2.78. The average Bonchev–Trinajstić information content (AvgIpc) is 3.15. The van der Waals surface area contributed by atoms with Gasteiger partial charge in [0.2, 0.25) is 0 Å². The molecule has 0 spiro atoms. The molecule has 1 aliphatic rings. The van der Waals surface area contributed by atoms with E-state index in [1.807, 2.05) is 19.1 Å². The number of hydrogen-bond donors (Lipinski definition) is 4. The van der Waals surface area contributed by atoms with Gasteiger partial charge in [-0.2, -0.15) is 0 Å². The van der Waals surface area contributed by atoms with E-state index in [-0.39, 0.29) is 18.6 Å². The zero-order chi connectivity index (χ0) is 21.6. The van der Waals surface area contributed by atoms with Gasteiger partial charge in [0.25, 0.3) is 0 Å². The number of thiophene rings is 1. The number of aliphatic hydroxyl groups excluding tert-OH is 2. The predicted molar refractivity (Wildman–Crippen MR) is 122 cm³/mol. The lowest BCUT2D eigenvalue weighted by Crippen LogP contribution is -2.42. The van der Waals surface area contributed by atoms with Gasteiger partial charge in [-0.1, -0.05) is 12.2 Å². The quantitative estimate of drug-likeness (QED) is 0.172. The van der Waals surface area contributed by atoms with E-state index in [9.17, 15) is 25.2 Å². The third-order valence-corrected chi connectivity index (χ3v) is 9.03. The van der Waals surface area contributed by atoms with Crippen molar-refractivity contribution in [3.05, 3.63) is 43.2 Å². The Kier molecular flexibility index (Phi) is 9.41. The summed E-state index contributed by atoms with van der Waals surface area (Å²) in [7, 11) is 0. The highest BCUT2D eigenvalue weighted by Crippen LogP contribution is 2.46. The first-order chi connectivity index (χ1) is 13.7. The largest absolute Gasteiger partial charge is 0.510 e. The summed E-state index contributed by atoms with van der Waals surface area (Å²) in [5, 5.41) is 43.7. The molecular formula is C21H28Br2O5S. The summed E-state index contributed by atoms with van der Waals surface area (Å²) in [6.07, 6.45) is 7.68. The maximum Gasteiger partial charge on any atom is 0.306 e. The van der Waals surface area contributed by atoms with Crippen molar-refractivity contribution in [3.8, 4) is 0 Å². The molecule has 1 aromatic rings. The lowest BCUT2D eigenvalue weighted by Gasteiger charge is -2.33. The molecule has 0 aromatic carbocycles. The van der Waals surface area contributed by atoms with Crippen molar-refractivity contribution in [1.29, 1.82) is 0 Å². The minimum atomic E-state index is -1.70. The molecule has 2 unspecified atom stereocenters. The van der Waals surface area contributed by atoms with Gasteiger partial charge in [0.05, 0.1) is 15.8 Å². The zero-order valence-electron chi connectivity index (χ0n) is 16.4. The predicted octanol–water partition coefficient (Wildman–Crippen LogP) is 5.60. The summed E-state index contributed by atoms with van der Waals surface area (Å²) >= 11 is 8.61. The summed E-state index contributed by atoms with van der Waals surface area (Å²) in [6, 6.07) is 0. The number of carboxylic acids is 1. The van der Waals surface area contributed by atoms with Crippen molar-refractivity contribution < 1.29 is 25.2 Å². The van der Waals surface area contributed by atoms with Crippen LogP contribution in [0.2, 0.25) is 0 Å². The molecule has 0 saturated heterocycles. The number of unbranched alkanes of at least 4 members (excludes halogenated alkanes) is 1. The Morgan fingerprint density at radius 3 is 2.69 bits per heavy atom. The Labute approximate surface area is 192 Å². The van der Waals surface area contributed by atoms with Crippen molar-refractivity contribution in [2.45, 2.75) is 63.6 Å². The van der Waals surface area contributed by atoms with Crippen LogP contribution in [0, 0.1) is 11.8 Å². The number of halogens is 2. The van der Waals surface area contributed by atoms with Gasteiger partial charge in [-0.25, -0.2) is 0 Å². The summed E-state index contributed by atoms with van der Waals surface area (Å²) < 4.78 is 2.08. The molecule has 2 rings (SSSR count). The first kappa shape index (κ1) is 24.6. The van der Waals surface area contributed by atoms with Crippen LogP contribution in [0.15, 0.2) is 37.6 Å². The number of allylic oxidation sites excluding steroid dienone is 3. The van der Waals surface area contributed by atoms with Crippen LogP contribution in [0.4, 0.5) is 0 Å². The number of rotatable bonds is 10. The molecule has 0 amide bonds. The minimum Gasteiger partial charge on any atom is -0.510 e. The summed E-state index contributed by atoms with van der Waals surface area (Å²) in [4.78, 5) is 11.8. The Bertz CT molecular complexity index is 760. The Balaban J connectivity index is 2.07. The van der Waals surface area contributed by atoms with Crippen LogP contribution >= 0.6 is 43.2 Å². The summed E-state index contributed by atoms with van der Waals surface area (Å²) in [5.41, 5.74) is -0.526. The standard InChI is InChI=1S/C21H28Br2O5S/c1-2-3-4-8-15(20(26)27)16-10-14(24)11-21(16,28)17(25)9-6-5-7-13-12-29-19(23)18(13)22/h2-3,9,12,14-16,24-25,28H,4-8,10-11H2,1H3,(H,26,27)/b3-2?,17-9+/t14-,15?,16?,21-/m0/s1. The number of aliphatic hydroxyl groups is 3. The third kappa shape index (κ3) is 6.17. The fourth-order valence-corrected chi connectivity index (χ4v) is 6.04. The van der Waals surface area contributed by atoms with Crippen molar-refractivity contribution in [3.63, 3.8) is 0 Å².